The van der Waals surface area contributed by atoms with E-state index in [-0.39, 0.29) is 5.56 Å². The van der Waals surface area contributed by atoms with Gasteiger partial charge in [0.1, 0.15) is 0 Å². The monoisotopic (exact) mass is 223 g/mol. The van der Waals surface area contributed by atoms with Crippen molar-refractivity contribution in [2.45, 2.75) is 6.36 Å². The summed E-state index contributed by atoms with van der Waals surface area (Å²) < 4.78 is 51.3. The highest BCUT2D eigenvalue weighted by atomic mass is 19.4. The highest BCUT2D eigenvalue weighted by molar-refractivity contribution is 5.92. The van der Waals surface area contributed by atoms with Crippen LogP contribution in [0.15, 0.2) is 18.2 Å². The van der Waals surface area contributed by atoms with Gasteiger partial charge in [0, 0.05) is 5.56 Å². The molecule has 0 unspecified atom stereocenters. The van der Waals surface area contributed by atoms with Crippen molar-refractivity contribution in [2.75, 3.05) is 0 Å². The number of hydrogen-bond donors (Lipinski definition) is 1. The fraction of sp³-hybridized carbons (Fsp3) is 0.125. The number of nitrogens with two attached hydrogens (primary N) is 1. The Balaban J connectivity index is 2.99. The Morgan fingerprint density at radius 1 is 1.33 bits per heavy atom. The molecule has 1 amide bonds. The number of carbonyl (C=O) groups excluding carboxylic acids is 1. The summed E-state index contributed by atoms with van der Waals surface area (Å²) in [5.41, 5.74) is 4.56. The maximum atomic E-state index is 12.9. The van der Waals surface area contributed by atoms with E-state index in [1.165, 1.54) is 0 Å². The molecule has 0 saturated carbocycles. The van der Waals surface area contributed by atoms with Gasteiger partial charge in [-0.15, -0.1) is 13.2 Å². The average molecular weight is 223 g/mol. The third-order valence-electron chi connectivity index (χ3n) is 1.44. The number of carbonyl (C=O) groups is 1. The second kappa shape index (κ2) is 3.76. The topological polar surface area (TPSA) is 52.3 Å². The molecule has 0 aromatic heterocycles. The average Bonchev–Trinajstić information content (AvgIpc) is 2.05. The molecule has 3 nitrogen and oxygen atoms in total. The Hall–Kier alpha value is -1.79. The minimum atomic E-state index is -4.98. The third kappa shape index (κ3) is 3.12. The van der Waals surface area contributed by atoms with Gasteiger partial charge in [0.25, 0.3) is 0 Å². The Labute approximate surface area is 81.4 Å². The van der Waals surface area contributed by atoms with E-state index in [4.69, 9.17) is 5.73 Å². The maximum absolute atomic E-state index is 12.9. The van der Waals surface area contributed by atoms with Crippen molar-refractivity contribution in [3.05, 3.63) is 29.6 Å². The fourth-order valence-corrected chi connectivity index (χ4v) is 0.862. The summed E-state index contributed by atoms with van der Waals surface area (Å²) in [6, 6.07) is 2.19. The number of halogens is 4. The molecule has 7 heteroatoms. The molecule has 0 aliphatic rings. The number of amides is 1. The van der Waals surface area contributed by atoms with E-state index in [0.717, 1.165) is 6.07 Å². The van der Waals surface area contributed by atoms with E-state index >= 15 is 0 Å². The van der Waals surface area contributed by atoms with Gasteiger partial charge >= 0.3 is 6.36 Å². The van der Waals surface area contributed by atoms with E-state index in [9.17, 15) is 22.4 Å². The molecule has 0 heterocycles. The maximum Gasteiger partial charge on any atom is 0.573 e. The molecule has 0 saturated heterocycles. The number of hydrogen-bond acceptors (Lipinski definition) is 2. The summed E-state index contributed by atoms with van der Waals surface area (Å²) in [4.78, 5) is 10.5. The number of rotatable bonds is 2. The second-order valence-corrected chi connectivity index (χ2v) is 2.56. The molecule has 2 N–H and O–H groups in total. The molecule has 0 spiro atoms. The van der Waals surface area contributed by atoms with Crippen molar-refractivity contribution in [3.8, 4) is 5.75 Å². The first kappa shape index (κ1) is 11.3. The van der Waals surface area contributed by atoms with Crippen molar-refractivity contribution in [3.63, 3.8) is 0 Å². The van der Waals surface area contributed by atoms with E-state index < -0.39 is 23.8 Å². The Morgan fingerprint density at radius 2 is 1.93 bits per heavy atom. The minimum Gasteiger partial charge on any atom is -0.403 e. The molecule has 82 valence electrons. The predicted molar refractivity (Wildman–Crippen MR) is 41.6 cm³/mol. The van der Waals surface area contributed by atoms with Crippen LogP contribution in [0.25, 0.3) is 0 Å². The van der Waals surface area contributed by atoms with Crippen LogP contribution in [0.5, 0.6) is 5.75 Å². The lowest BCUT2D eigenvalue weighted by atomic mass is 10.2. The third-order valence-corrected chi connectivity index (χ3v) is 1.44. The van der Waals surface area contributed by atoms with E-state index in [1.54, 1.807) is 0 Å². The van der Waals surface area contributed by atoms with Gasteiger partial charge in [-0.25, -0.2) is 4.39 Å². The normalized spacial score (nSPS) is 11.2. The predicted octanol–water partition coefficient (Wildman–Crippen LogP) is 1.82. The van der Waals surface area contributed by atoms with Gasteiger partial charge in [0.15, 0.2) is 11.6 Å². The lowest BCUT2D eigenvalue weighted by Gasteiger charge is -2.09. The molecule has 15 heavy (non-hydrogen) atoms. The molecule has 1 rings (SSSR count). The van der Waals surface area contributed by atoms with Crippen LogP contribution in [-0.4, -0.2) is 12.3 Å². The molecule has 0 fully saturated rings. The van der Waals surface area contributed by atoms with Crippen molar-refractivity contribution in [2.24, 2.45) is 5.73 Å². The van der Waals surface area contributed by atoms with Crippen LogP contribution in [-0.2, 0) is 0 Å². The zero-order valence-corrected chi connectivity index (χ0v) is 7.14. The van der Waals surface area contributed by atoms with Crippen LogP contribution in [0.1, 0.15) is 10.4 Å². The molecule has 0 radical (unpaired) electrons. The van der Waals surface area contributed by atoms with Gasteiger partial charge in [-0.3, -0.25) is 4.79 Å². The zero-order chi connectivity index (χ0) is 11.6. The molecule has 0 atom stereocenters. The summed E-state index contributed by atoms with van der Waals surface area (Å²) >= 11 is 0. The minimum absolute atomic E-state index is 0.234. The Kier molecular flexibility index (Phi) is 2.83. The second-order valence-electron chi connectivity index (χ2n) is 2.56. The summed E-state index contributed by atoms with van der Waals surface area (Å²) in [5.74, 6) is -3.25. The van der Waals surface area contributed by atoms with Gasteiger partial charge in [0.2, 0.25) is 5.91 Å². The van der Waals surface area contributed by atoms with Gasteiger partial charge in [-0.05, 0) is 18.2 Å². The molecule has 0 aliphatic heterocycles. The van der Waals surface area contributed by atoms with Crippen LogP contribution in [0, 0.1) is 5.82 Å². The van der Waals surface area contributed by atoms with Crippen molar-refractivity contribution in [1.82, 2.24) is 0 Å². The van der Waals surface area contributed by atoms with Crippen LogP contribution < -0.4 is 10.5 Å². The largest absolute Gasteiger partial charge is 0.573 e. The highest BCUT2D eigenvalue weighted by Gasteiger charge is 2.32. The van der Waals surface area contributed by atoms with Crippen LogP contribution in [0.4, 0.5) is 17.6 Å². The smallest absolute Gasteiger partial charge is 0.403 e. The first-order valence-electron chi connectivity index (χ1n) is 3.65. The van der Waals surface area contributed by atoms with Gasteiger partial charge in [-0.1, -0.05) is 0 Å². The number of primary amides is 1. The summed E-state index contributed by atoms with van der Waals surface area (Å²) in [7, 11) is 0. The van der Waals surface area contributed by atoms with Crippen molar-refractivity contribution in [1.29, 1.82) is 0 Å². The first-order chi connectivity index (χ1) is 6.79. The van der Waals surface area contributed by atoms with Gasteiger partial charge in [0.05, 0.1) is 0 Å². The highest BCUT2D eigenvalue weighted by Crippen LogP contribution is 2.25. The lowest BCUT2D eigenvalue weighted by molar-refractivity contribution is -0.275. The molecule has 0 bridgehead atoms. The molecule has 1 aromatic rings. The van der Waals surface area contributed by atoms with Crippen LogP contribution in [0.3, 0.4) is 0 Å². The number of ether oxygens (including phenoxy) is 1. The summed E-state index contributed by atoms with van der Waals surface area (Å²) in [5, 5.41) is 0. The summed E-state index contributed by atoms with van der Waals surface area (Å²) in [6.45, 7) is 0. The standard InChI is InChI=1S/C8H5F4NO2/c9-5-3-4(7(13)14)1-2-6(5)15-8(10,11)12/h1-3H,(H2,13,14). The molecular weight excluding hydrogens is 218 g/mol. The SMILES string of the molecule is NC(=O)c1ccc(OC(F)(F)F)c(F)c1. The number of benzene rings is 1. The zero-order valence-electron chi connectivity index (χ0n) is 7.14. The lowest BCUT2D eigenvalue weighted by Crippen LogP contribution is -2.18. The van der Waals surface area contributed by atoms with Crippen molar-refractivity contribution >= 4 is 5.91 Å². The Morgan fingerprint density at radius 3 is 2.33 bits per heavy atom. The van der Waals surface area contributed by atoms with Gasteiger partial charge in [-0.2, -0.15) is 0 Å². The molecule has 1 aromatic carbocycles. The van der Waals surface area contributed by atoms with Crippen LogP contribution >= 0.6 is 0 Å². The van der Waals surface area contributed by atoms with Crippen molar-refractivity contribution < 1.29 is 27.1 Å². The fourth-order valence-electron chi connectivity index (χ4n) is 0.862. The van der Waals surface area contributed by atoms with Gasteiger partial charge < -0.3 is 10.5 Å². The van der Waals surface area contributed by atoms with Crippen LogP contribution in [0.2, 0.25) is 0 Å². The van der Waals surface area contributed by atoms with E-state index in [2.05, 4.69) is 4.74 Å². The summed E-state index contributed by atoms with van der Waals surface area (Å²) in [6.07, 6.45) is -4.98. The first-order valence-corrected chi connectivity index (χ1v) is 3.65. The quantitative estimate of drug-likeness (QED) is 0.777. The van der Waals surface area contributed by atoms with E-state index in [0.29, 0.717) is 12.1 Å². The Bertz CT molecular complexity index is 389. The van der Waals surface area contributed by atoms with E-state index in [1.807, 2.05) is 0 Å². The molecule has 0 aliphatic carbocycles. The molecular formula is C8H5F4NO2. The number of alkyl halides is 3.